The Morgan fingerprint density at radius 3 is 3.12 bits per heavy atom. The molecule has 0 saturated heterocycles. The number of rotatable bonds is 4. The number of pyridine rings is 1. The number of thiazole rings is 1. The van der Waals surface area contributed by atoms with Gasteiger partial charge in [-0.1, -0.05) is 0 Å². The van der Waals surface area contributed by atoms with Gasteiger partial charge in [-0.3, -0.25) is 9.78 Å². The molecular formula is C11H12N4OS. The van der Waals surface area contributed by atoms with Crippen LogP contribution in [0.1, 0.15) is 16.1 Å². The molecule has 1 amide bonds. The lowest BCUT2D eigenvalue weighted by Crippen LogP contribution is -2.23. The van der Waals surface area contributed by atoms with Crippen molar-refractivity contribution in [3.05, 3.63) is 40.6 Å². The van der Waals surface area contributed by atoms with Crippen LogP contribution in [0.5, 0.6) is 0 Å². The van der Waals surface area contributed by atoms with E-state index in [1.54, 1.807) is 31.0 Å². The first-order valence-corrected chi connectivity index (χ1v) is 6.02. The van der Waals surface area contributed by atoms with Gasteiger partial charge in [-0.2, -0.15) is 0 Å². The van der Waals surface area contributed by atoms with Crippen molar-refractivity contribution in [2.24, 2.45) is 0 Å². The zero-order valence-electron chi connectivity index (χ0n) is 9.30. The number of carbonyl (C=O) groups is 1. The van der Waals surface area contributed by atoms with Crippen LogP contribution in [0.25, 0.3) is 0 Å². The summed E-state index contributed by atoms with van der Waals surface area (Å²) >= 11 is 1.51. The molecule has 2 N–H and O–H groups in total. The fraction of sp³-hybridized carbons (Fsp3) is 0.182. The van der Waals surface area contributed by atoms with Gasteiger partial charge in [-0.15, -0.1) is 11.3 Å². The Morgan fingerprint density at radius 1 is 1.53 bits per heavy atom. The molecule has 0 fully saturated rings. The molecule has 6 heteroatoms. The van der Waals surface area contributed by atoms with Crippen molar-refractivity contribution < 1.29 is 4.79 Å². The second-order valence-electron chi connectivity index (χ2n) is 3.33. The lowest BCUT2D eigenvalue weighted by molar-refractivity contribution is 0.0951. The lowest BCUT2D eigenvalue weighted by atomic mass is 10.2. The van der Waals surface area contributed by atoms with Gasteiger partial charge >= 0.3 is 0 Å². The van der Waals surface area contributed by atoms with Crippen LogP contribution in [0.3, 0.4) is 0 Å². The summed E-state index contributed by atoms with van der Waals surface area (Å²) in [6.45, 7) is 0.438. The molecular weight excluding hydrogens is 236 g/mol. The molecule has 0 radical (unpaired) electrons. The van der Waals surface area contributed by atoms with Crippen LogP contribution >= 0.6 is 11.3 Å². The molecule has 0 atom stereocenters. The Hall–Kier alpha value is -1.95. The smallest absolute Gasteiger partial charge is 0.253 e. The van der Waals surface area contributed by atoms with Crippen molar-refractivity contribution in [3.8, 4) is 0 Å². The van der Waals surface area contributed by atoms with E-state index in [0.29, 0.717) is 17.8 Å². The minimum atomic E-state index is -0.134. The molecule has 2 aromatic rings. The number of hydrogen-bond acceptors (Lipinski definition) is 5. The van der Waals surface area contributed by atoms with E-state index in [4.69, 9.17) is 0 Å². The number of amides is 1. The van der Waals surface area contributed by atoms with Gasteiger partial charge < -0.3 is 10.6 Å². The number of hydrogen-bond donors (Lipinski definition) is 2. The second-order valence-corrected chi connectivity index (χ2v) is 4.05. The van der Waals surface area contributed by atoms with E-state index in [1.165, 1.54) is 11.3 Å². The molecule has 0 aliphatic carbocycles. The summed E-state index contributed by atoms with van der Waals surface area (Å²) in [5, 5.41) is 7.65. The van der Waals surface area contributed by atoms with Crippen LogP contribution in [-0.2, 0) is 6.54 Å². The van der Waals surface area contributed by atoms with E-state index in [9.17, 15) is 4.79 Å². The summed E-state index contributed by atoms with van der Waals surface area (Å²) in [6, 6.07) is 1.68. The predicted octanol–water partition coefficient (Wildman–Crippen LogP) is 1.51. The Labute approximate surface area is 103 Å². The summed E-state index contributed by atoms with van der Waals surface area (Å²) in [5.74, 6) is -0.134. The Kier molecular flexibility index (Phi) is 3.66. The third-order valence-electron chi connectivity index (χ3n) is 2.25. The molecule has 17 heavy (non-hydrogen) atoms. The zero-order valence-corrected chi connectivity index (χ0v) is 10.1. The van der Waals surface area contributed by atoms with Gasteiger partial charge in [0.25, 0.3) is 5.91 Å². The minimum Gasteiger partial charge on any atom is -0.386 e. The number of carbonyl (C=O) groups excluding carboxylic acids is 1. The van der Waals surface area contributed by atoms with Crippen LogP contribution < -0.4 is 10.6 Å². The highest BCUT2D eigenvalue weighted by atomic mass is 32.1. The van der Waals surface area contributed by atoms with Crippen LogP contribution in [-0.4, -0.2) is 22.9 Å². The predicted molar refractivity (Wildman–Crippen MR) is 67.1 cm³/mol. The topological polar surface area (TPSA) is 66.9 Å². The first kappa shape index (κ1) is 11.5. The highest BCUT2D eigenvalue weighted by Crippen LogP contribution is 2.12. The second kappa shape index (κ2) is 5.40. The Morgan fingerprint density at radius 2 is 2.41 bits per heavy atom. The van der Waals surface area contributed by atoms with Gasteiger partial charge in [-0.25, -0.2) is 4.98 Å². The van der Waals surface area contributed by atoms with Crippen molar-refractivity contribution in [1.82, 2.24) is 15.3 Å². The maximum Gasteiger partial charge on any atom is 0.253 e. The number of anilines is 1. The van der Waals surface area contributed by atoms with Gasteiger partial charge in [0.15, 0.2) is 0 Å². The fourth-order valence-corrected chi connectivity index (χ4v) is 1.94. The summed E-state index contributed by atoms with van der Waals surface area (Å²) in [7, 11) is 1.76. The van der Waals surface area contributed by atoms with Crippen LogP contribution in [0.4, 0.5) is 5.69 Å². The first-order valence-electron chi connectivity index (χ1n) is 5.08. The van der Waals surface area contributed by atoms with Crippen molar-refractivity contribution >= 4 is 22.9 Å². The van der Waals surface area contributed by atoms with E-state index in [1.807, 2.05) is 5.38 Å². The van der Waals surface area contributed by atoms with Crippen molar-refractivity contribution in [2.45, 2.75) is 6.54 Å². The average Bonchev–Trinajstić information content (AvgIpc) is 2.89. The molecule has 0 unspecified atom stereocenters. The highest BCUT2D eigenvalue weighted by Gasteiger charge is 2.10. The quantitative estimate of drug-likeness (QED) is 0.860. The molecule has 2 rings (SSSR count). The van der Waals surface area contributed by atoms with Crippen molar-refractivity contribution in [1.29, 1.82) is 0 Å². The number of nitrogens with zero attached hydrogens (tertiary/aromatic N) is 2. The Balaban J connectivity index is 2.04. The number of aromatic nitrogens is 2. The van der Waals surface area contributed by atoms with Gasteiger partial charge in [0.2, 0.25) is 0 Å². The molecule has 0 saturated carbocycles. The molecule has 2 aromatic heterocycles. The van der Waals surface area contributed by atoms with Crippen LogP contribution in [0, 0.1) is 0 Å². The summed E-state index contributed by atoms with van der Waals surface area (Å²) < 4.78 is 0. The van der Waals surface area contributed by atoms with Gasteiger partial charge in [0.1, 0.15) is 0 Å². The standard InChI is InChI=1S/C11H12N4OS/c1-12-10-5-13-3-2-9(10)11(16)14-4-8-6-17-7-15-8/h2-3,5-7,12H,4H2,1H3,(H,14,16). The largest absolute Gasteiger partial charge is 0.386 e. The van der Waals surface area contributed by atoms with Crippen molar-refractivity contribution in [2.75, 3.05) is 12.4 Å². The maximum absolute atomic E-state index is 11.9. The molecule has 5 nitrogen and oxygen atoms in total. The molecule has 88 valence electrons. The van der Waals surface area contributed by atoms with Crippen LogP contribution in [0.15, 0.2) is 29.4 Å². The lowest BCUT2D eigenvalue weighted by Gasteiger charge is -2.08. The van der Waals surface area contributed by atoms with Gasteiger partial charge in [-0.05, 0) is 6.07 Å². The SMILES string of the molecule is CNc1cnccc1C(=O)NCc1cscn1. The van der Waals surface area contributed by atoms with Gasteiger partial charge in [0.05, 0.1) is 35.2 Å². The highest BCUT2D eigenvalue weighted by molar-refractivity contribution is 7.07. The summed E-state index contributed by atoms with van der Waals surface area (Å²) in [4.78, 5) is 20.0. The summed E-state index contributed by atoms with van der Waals surface area (Å²) in [6.07, 6.45) is 3.22. The number of nitrogens with one attached hydrogen (secondary N) is 2. The van der Waals surface area contributed by atoms with E-state index >= 15 is 0 Å². The van der Waals surface area contributed by atoms with Crippen LogP contribution in [0.2, 0.25) is 0 Å². The molecule has 0 spiro atoms. The average molecular weight is 248 g/mol. The Bertz CT molecular complexity index is 498. The normalized spacial score (nSPS) is 9.94. The molecule has 0 aliphatic rings. The van der Waals surface area contributed by atoms with E-state index in [0.717, 1.165) is 5.69 Å². The first-order chi connectivity index (χ1) is 8.31. The molecule has 0 aromatic carbocycles. The van der Waals surface area contributed by atoms with E-state index < -0.39 is 0 Å². The fourth-order valence-electron chi connectivity index (χ4n) is 1.38. The monoisotopic (exact) mass is 248 g/mol. The molecule has 0 aliphatic heterocycles. The molecule has 0 bridgehead atoms. The van der Waals surface area contributed by atoms with Gasteiger partial charge in [0, 0.05) is 18.6 Å². The van der Waals surface area contributed by atoms with E-state index in [2.05, 4.69) is 20.6 Å². The molecule has 2 heterocycles. The van der Waals surface area contributed by atoms with E-state index in [-0.39, 0.29) is 5.91 Å². The third kappa shape index (κ3) is 2.79. The third-order valence-corrected chi connectivity index (χ3v) is 2.88. The van der Waals surface area contributed by atoms with Crippen molar-refractivity contribution in [3.63, 3.8) is 0 Å². The minimum absolute atomic E-state index is 0.134. The summed E-state index contributed by atoms with van der Waals surface area (Å²) in [5.41, 5.74) is 3.90. The maximum atomic E-state index is 11.9. The zero-order chi connectivity index (χ0) is 12.1.